The van der Waals surface area contributed by atoms with Crippen molar-refractivity contribution in [3.63, 3.8) is 0 Å². The Hall–Kier alpha value is -1.07. The molecule has 3 nitrogen and oxygen atoms in total. The first-order valence-electron chi connectivity index (χ1n) is 4.39. The number of nitrogens with one attached hydrogen (secondary N) is 2. The summed E-state index contributed by atoms with van der Waals surface area (Å²) in [5.41, 5.74) is 1.76. The van der Waals surface area contributed by atoms with Crippen LogP contribution in [0.3, 0.4) is 0 Å². The van der Waals surface area contributed by atoms with E-state index in [1.165, 1.54) is 11.3 Å². The summed E-state index contributed by atoms with van der Waals surface area (Å²) in [7, 11) is 0. The van der Waals surface area contributed by atoms with Gasteiger partial charge in [0.2, 0.25) is 0 Å². The van der Waals surface area contributed by atoms with Crippen LogP contribution >= 0.6 is 27.3 Å². The van der Waals surface area contributed by atoms with Gasteiger partial charge in [-0.1, -0.05) is 0 Å². The number of amides is 1. The Morgan fingerprint density at radius 3 is 3.07 bits per heavy atom. The number of rotatable bonds is 3. The van der Waals surface area contributed by atoms with Crippen LogP contribution in [-0.4, -0.2) is 10.9 Å². The SMILES string of the molecule is O=C(NCc1cc[nH]c1)c1csc(Br)c1. The fraction of sp³-hybridized carbons (Fsp3) is 0.100. The number of carbonyl (C=O) groups is 1. The van der Waals surface area contributed by atoms with E-state index >= 15 is 0 Å². The summed E-state index contributed by atoms with van der Waals surface area (Å²) in [5.74, 6) is -0.0434. The first-order valence-corrected chi connectivity index (χ1v) is 6.07. The topological polar surface area (TPSA) is 44.9 Å². The maximum atomic E-state index is 11.6. The summed E-state index contributed by atoms with van der Waals surface area (Å²) < 4.78 is 0.967. The normalized spacial score (nSPS) is 10.2. The second-order valence-corrected chi connectivity index (χ2v) is 5.33. The second kappa shape index (κ2) is 4.63. The van der Waals surface area contributed by atoms with Crippen LogP contribution < -0.4 is 5.32 Å². The number of carbonyl (C=O) groups excluding carboxylic acids is 1. The van der Waals surface area contributed by atoms with Gasteiger partial charge in [0.1, 0.15) is 0 Å². The van der Waals surface area contributed by atoms with Crippen LogP contribution in [0.5, 0.6) is 0 Å². The predicted octanol–water partition coefficient (Wildman–Crippen LogP) is 2.77. The lowest BCUT2D eigenvalue weighted by molar-refractivity contribution is 0.0951. The number of hydrogen-bond donors (Lipinski definition) is 2. The van der Waals surface area contributed by atoms with Crippen molar-refractivity contribution in [3.8, 4) is 0 Å². The van der Waals surface area contributed by atoms with Crippen LogP contribution in [-0.2, 0) is 6.54 Å². The largest absolute Gasteiger partial charge is 0.367 e. The quantitative estimate of drug-likeness (QED) is 0.895. The van der Waals surface area contributed by atoms with Crippen molar-refractivity contribution < 1.29 is 4.79 Å². The number of aromatic amines is 1. The number of halogens is 1. The van der Waals surface area contributed by atoms with E-state index in [-0.39, 0.29) is 5.91 Å². The zero-order valence-electron chi connectivity index (χ0n) is 7.79. The van der Waals surface area contributed by atoms with Gasteiger partial charge in [-0.3, -0.25) is 4.79 Å². The van der Waals surface area contributed by atoms with Gasteiger partial charge in [-0.25, -0.2) is 0 Å². The highest BCUT2D eigenvalue weighted by atomic mass is 79.9. The highest BCUT2D eigenvalue weighted by Crippen LogP contribution is 2.20. The minimum atomic E-state index is -0.0434. The molecule has 2 N–H and O–H groups in total. The Bertz CT molecular complexity index is 450. The molecule has 1 amide bonds. The maximum absolute atomic E-state index is 11.6. The van der Waals surface area contributed by atoms with Gasteiger partial charge in [-0.15, -0.1) is 11.3 Å². The average molecular weight is 285 g/mol. The molecule has 0 bridgehead atoms. The van der Waals surface area contributed by atoms with E-state index in [4.69, 9.17) is 0 Å². The average Bonchev–Trinajstić information content (AvgIpc) is 2.84. The van der Waals surface area contributed by atoms with E-state index < -0.39 is 0 Å². The van der Waals surface area contributed by atoms with E-state index in [0.29, 0.717) is 12.1 Å². The third-order valence-corrected chi connectivity index (χ3v) is 3.45. The Morgan fingerprint density at radius 2 is 2.47 bits per heavy atom. The lowest BCUT2D eigenvalue weighted by Crippen LogP contribution is -2.21. The molecule has 0 aromatic carbocycles. The molecule has 0 atom stereocenters. The Balaban J connectivity index is 1.93. The molecule has 15 heavy (non-hydrogen) atoms. The standard InChI is InChI=1S/C10H9BrN2OS/c11-9-3-8(6-15-9)10(14)13-5-7-1-2-12-4-7/h1-4,6,12H,5H2,(H,13,14). The van der Waals surface area contributed by atoms with E-state index in [2.05, 4.69) is 26.2 Å². The fourth-order valence-corrected chi connectivity index (χ4v) is 2.32. The van der Waals surface area contributed by atoms with Crippen molar-refractivity contribution in [2.75, 3.05) is 0 Å². The number of H-pyrrole nitrogens is 1. The number of thiophene rings is 1. The predicted molar refractivity (Wildman–Crippen MR) is 64.0 cm³/mol. The van der Waals surface area contributed by atoms with Crippen molar-refractivity contribution in [2.24, 2.45) is 0 Å². The molecular weight excluding hydrogens is 276 g/mol. The molecule has 78 valence electrons. The summed E-state index contributed by atoms with van der Waals surface area (Å²) in [6.45, 7) is 0.551. The van der Waals surface area contributed by atoms with Crippen LogP contribution in [0.25, 0.3) is 0 Å². The fourth-order valence-electron chi connectivity index (χ4n) is 1.18. The summed E-state index contributed by atoms with van der Waals surface area (Å²) in [5, 5.41) is 4.67. The van der Waals surface area contributed by atoms with E-state index in [1.807, 2.05) is 29.9 Å². The molecule has 0 aliphatic carbocycles. The van der Waals surface area contributed by atoms with Crippen molar-refractivity contribution in [1.82, 2.24) is 10.3 Å². The highest BCUT2D eigenvalue weighted by molar-refractivity contribution is 9.11. The molecule has 2 aromatic heterocycles. The molecule has 0 aliphatic heterocycles. The highest BCUT2D eigenvalue weighted by Gasteiger charge is 2.07. The monoisotopic (exact) mass is 284 g/mol. The molecule has 2 rings (SSSR count). The van der Waals surface area contributed by atoms with Crippen molar-refractivity contribution in [1.29, 1.82) is 0 Å². The van der Waals surface area contributed by atoms with Crippen LogP contribution in [0, 0.1) is 0 Å². The van der Waals surface area contributed by atoms with Crippen LogP contribution in [0.4, 0.5) is 0 Å². The molecule has 0 saturated heterocycles. The van der Waals surface area contributed by atoms with Gasteiger partial charge in [0.05, 0.1) is 9.35 Å². The van der Waals surface area contributed by atoms with Gasteiger partial charge in [0.15, 0.2) is 0 Å². The Labute approximate surface area is 99.6 Å². The minimum absolute atomic E-state index is 0.0434. The molecule has 0 unspecified atom stereocenters. The number of hydrogen-bond acceptors (Lipinski definition) is 2. The molecule has 2 aromatic rings. The summed E-state index contributed by atoms with van der Waals surface area (Å²) in [6.07, 6.45) is 3.70. The van der Waals surface area contributed by atoms with E-state index in [9.17, 15) is 4.79 Å². The van der Waals surface area contributed by atoms with Crippen LogP contribution in [0.15, 0.2) is 33.7 Å². The van der Waals surface area contributed by atoms with Crippen molar-refractivity contribution in [2.45, 2.75) is 6.54 Å². The van der Waals surface area contributed by atoms with Crippen molar-refractivity contribution >= 4 is 33.2 Å². The molecule has 0 radical (unpaired) electrons. The van der Waals surface area contributed by atoms with Gasteiger partial charge in [-0.2, -0.15) is 0 Å². The molecule has 0 spiro atoms. The first-order chi connectivity index (χ1) is 7.25. The van der Waals surface area contributed by atoms with E-state index in [1.54, 1.807) is 0 Å². The lowest BCUT2D eigenvalue weighted by atomic mass is 10.3. The smallest absolute Gasteiger partial charge is 0.252 e. The lowest BCUT2D eigenvalue weighted by Gasteiger charge is -2.00. The third kappa shape index (κ3) is 2.70. The van der Waals surface area contributed by atoms with Crippen LogP contribution in [0.2, 0.25) is 0 Å². The molecule has 5 heteroatoms. The molecule has 0 fully saturated rings. The molecule has 2 heterocycles. The van der Waals surface area contributed by atoms with Gasteiger partial charge >= 0.3 is 0 Å². The zero-order valence-corrected chi connectivity index (χ0v) is 10.2. The first kappa shape index (κ1) is 10.4. The molecule has 0 saturated carbocycles. The zero-order chi connectivity index (χ0) is 10.7. The van der Waals surface area contributed by atoms with Gasteiger partial charge in [-0.05, 0) is 33.6 Å². The summed E-state index contributed by atoms with van der Waals surface area (Å²) >= 11 is 4.83. The minimum Gasteiger partial charge on any atom is -0.367 e. The number of aromatic nitrogens is 1. The van der Waals surface area contributed by atoms with E-state index in [0.717, 1.165) is 9.35 Å². The Morgan fingerprint density at radius 1 is 1.60 bits per heavy atom. The molecule has 0 aliphatic rings. The third-order valence-electron chi connectivity index (χ3n) is 1.95. The summed E-state index contributed by atoms with van der Waals surface area (Å²) in [4.78, 5) is 14.6. The molecular formula is C10H9BrN2OS. The van der Waals surface area contributed by atoms with Gasteiger partial charge in [0, 0.05) is 24.3 Å². The Kier molecular flexibility index (Phi) is 3.23. The van der Waals surface area contributed by atoms with Gasteiger partial charge in [0.25, 0.3) is 5.91 Å². The summed E-state index contributed by atoms with van der Waals surface area (Å²) in [6, 6.07) is 3.75. The maximum Gasteiger partial charge on any atom is 0.252 e. The van der Waals surface area contributed by atoms with Gasteiger partial charge < -0.3 is 10.3 Å². The van der Waals surface area contributed by atoms with Crippen LogP contribution in [0.1, 0.15) is 15.9 Å². The second-order valence-electron chi connectivity index (χ2n) is 3.04. The van der Waals surface area contributed by atoms with Crippen molar-refractivity contribution in [3.05, 3.63) is 44.8 Å².